The van der Waals surface area contributed by atoms with Crippen LogP contribution in [0.3, 0.4) is 0 Å². The summed E-state index contributed by atoms with van der Waals surface area (Å²) in [7, 11) is 2.41. The summed E-state index contributed by atoms with van der Waals surface area (Å²) in [4.78, 5) is 23.4. The summed E-state index contributed by atoms with van der Waals surface area (Å²) >= 11 is 0. The van der Waals surface area contributed by atoms with Crippen molar-refractivity contribution in [1.29, 1.82) is 0 Å². The highest BCUT2D eigenvalue weighted by atomic mass is 33.1. The molecule has 0 aliphatic carbocycles. The number of unbranched alkanes of at least 4 members (excludes halogenated alkanes) is 12. The van der Waals surface area contributed by atoms with Gasteiger partial charge in [-0.25, -0.2) is 0 Å². The van der Waals surface area contributed by atoms with Gasteiger partial charge in [0.25, 0.3) is 0 Å². The summed E-state index contributed by atoms with van der Waals surface area (Å²) in [6.07, 6.45) is 18.1. The van der Waals surface area contributed by atoms with Gasteiger partial charge in [-0.3, -0.25) is 19.0 Å². The lowest BCUT2D eigenvalue weighted by Gasteiger charge is -2.05. The molecule has 0 aromatic carbocycles. The quantitative estimate of drug-likeness (QED) is 0.143. The Morgan fingerprint density at radius 2 is 0.846 bits per heavy atom. The van der Waals surface area contributed by atoms with Crippen LogP contribution in [0, 0.1) is 0 Å². The largest absolute Gasteiger partial charge is 0.290 e. The molecule has 0 bridgehead atoms. The molecule has 2 amide bonds. The van der Waals surface area contributed by atoms with Crippen molar-refractivity contribution in [3.05, 3.63) is 0 Å². The zero-order valence-corrected chi connectivity index (χ0v) is 18.6. The molecule has 2 N–H and O–H groups in total. The Balaban J connectivity index is 3.31. The number of carbonyl (C=O) groups excluding carboxylic acids is 2. The van der Waals surface area contributed by atoms with Gasteiger partial charge < -0.3 is 0 Å². The van der Waals surface area contributed by atoms with E-state index in [1.54, 1.807) is 0 Å². The second-order valence-corrected chi connectivity index (χ2v) is 8.70. The van der Waals surface area contributed by atoms with Crippen molar-refractivity contribution in [3.8, 4) is 0 Å². The van der Waals surface area contributed by atoms with Crippen molar-refractivity contribution < 1.29 is 9.59 Å². The number of hydrogen-bond donors (Lipinski definition) is 2. The second kappa shape index (κ2) is 20.9. The lowest BCUT2D eigenvalue weighted by atomic mass is 10.1. The monoisotopic (exact) mass is 404 g/mol. The van der Waals surface area contributed by atoms with E-state index in [0.29, 0.717) is 12.8 Å². The van der Waals surface area contributed by atoms with Crippen LogP contribution in [0.5, 0.6) is 0 Å². The van der Waals surface area contributed by atoms with E-state index in [-0.39, 0.29) is 11.8 Å². The predicted octanol–water partition coefficient (Wildman–Crippen LogP) is 6.71. The van der Waals surface area contributed by atoms with Gasteiger partial charge in [-0.1, -0.05) is 90.9 Å². The third-order valence-electron chi connectivity index (χ3n) is 4.37. The van der Waals surface area contributed by atoms with Gasteiger partial charge in [-0.05, 0) is 12.8 Å². The number of nitrogens with one attached hydrogen (secondary N) is 2. The molecule has 0 radical (unpaired) electrons. The van der Waals surface area contributed by atoms with Crippen LogP contribution in [-0.2, 0) is 9.59 Å². The fourth-order valence-corrected chi connectivity index (χ4v) is 4.00. The summed E-state index contributed by atoms with van der Waals surface area (Å²) < 4.78 is 5.54. The molecule has 0 aromatic heterocycles. The minimum Gasteiger partial charge on any atom is -0.290 e. The summed E-state index contributed by atoms with van der Waals surface area (Å²) in [5.74, 6) is 0.106. The number of rotatable bonds is 19. The number of hydrogen-bond acceptors (Lipinski definition) is 4. The Labute approximate surface area is 169 Å². The molecule has 0 unspecified atom stereocenters. The van der Waals surface area contributed by atoms with Crippen LogP contribution < -0.4 is 9.44 Å². The van der Waals surface area contributed by atoms with Gasteiger partial charge in [-0.2, -0.15) is 0 Å². The molecule has 0 heterocycles. The van der Waals surface area contributed by atoms with Crippen LogP contribution in [0.25, 0.3) is 0 Å². The van der Waals surface area contributed by atoms with Crippen LogP contribution in [0.2, 0.25) is 0 Å². The van der Waals surface area contributed by atoms with E-state index in [1.807, 2.05) is 0 Å². The molecule has 0 rings (SSSR count). The Morgan fingerprint density at radius 1 is 0.538 bits per heavy atom. The maximum absolute atomic E-state index is 11.7. The molecule has 154 valence electrons. The van der Waals surface area contributed by atoms with E-state index >= 15 is 0 Å². The van der Waals surface area contributed by atoms with Crippen molar-refractivity contribution in [2.24, 2.45) is 0 Å². The van der Waals surface area contributed by atoms with Crippen LogP contribution >= 0.6 is 22.0 Å². The molecule has 0 aliphatic rings. The molecule has 6 heteroatoms. The van der Waals surface area contributed by atoms with E-state index in [0.717, 1.165) is 25.7 Å². The predicted molar refractivity (Wildman–Crippen MR) is 117 cm³/mol. The van der Waals surface area contributed by atoms with Crippen molar-refractivity contribution >= 4 is 33.8 Å². The van der Waals surface area contributed by atoms with Crippen LogP contribution in [0.1, 0.15) is 117 Å². The summed E-state index contributed by atoms with van der Waals surface area (Å²) in [6.45, 7) is 4.44. The Hall–Kier alpha value is -0.360. The maximum atomic E-state index is 11.7. The maximum Gasteiger partial charge on any atom is 0.230 e. The Kier molecular flexibility index (Phi) is 20.7. The SMILES string of the molecule is CCCCCCCCCC(=O)NSSNC(=O)CCCCCCCCC. The zero-order chi connectivity index (χ0) is 19.3. The van der Waals surface area contributed by atoms with Crippen LogP contribution in [0.15, 0.2) is 0 Å². The molecular formula is C20H40N2O2S2. The molecule has 0 saturated carbocycles. The molecule has 0 fully saturated rings. The molecule has 0 saturated heterocycles. The normalized spacial score (nSPS) is 10.7. The fourth-order valence-electron chi connectivity index (χ4n) is 2.72. The topological polar surface area (TPSA) is 58.2 Å². The first-order valence-corrected chi connectivity index (χ1v) is 12.8. The van der Waals surface area contributed by atoms with E-state index in [2.05, 4.69) is 23.3 Å². The van der Waals surface area contributed by atoms with Crippen molar-refractivity contribution in [1.82, 2.24) is 9.44 Å². The van der Waals surface area contributed by atoms with E-state index in [4.69, 9.17) is 0 Å². The zero-order valence-electron chi connectivity index (χ0n) is 16.9. The van der Waals surface area contributed by atoms with Gasteiger partial charge in [0.2, 0.25) is 11.8 Å². The molecule has 26 heavy (non-hydrogen) atoms. The second-order valence-electron chi connectivity index (χ2n) is 6.96. The summed E-state index contributed by atoms with van der Waals surface area (Å²) in [5, 5.41) is 0. The number of carbonyl (C=O) groups is 2. The van der Waals surface area contributed by atoms with Gasteiger partial charge in [0.1, 0.15) is 0 Å². The highest BCUT2D eigenvalue weighted by Gasteiger charge is 2.04. The standard InChI is InChI=1S/C20H40N2O2S2/c1-3-5-7-9-11-13-15-17-19(23)21-25-26-22-20(24)18-16-14-12-10-8-6-4-2/h3-18H2,1-2H3,(H,21,23)(H,22,24). The lowest BCUT2D eigenvalue weighted by molar-refractivity contribution is -0.120. The highest BCUT2D eigenvalue weighted by molar-refractivity contribution is 8.75. The molecule has 0 aromatic rings. The Morgan fingerprint density at radius 3 is 1.19 bits per heavy atom. The van der Waals surface area contributed by atoms with Crippen molar-refractivity contribution in [2.75, 3.05) is 0 Å². The third kappa shape index (κ3) is 20.0. The van der Waals surface area contributed by atoms with Gasteiger partial charge in [0.15, 0.2) is 0 Å². The van der Waals surface area contributed by atoms with Gasteiger partial charge in [-0.15, -0.1) is 0 Å². The first kappa shape index (κ1) is 25.6. The van der Waals surface area contributed by atoms with Crippen molar-refractivity contribution in [2.45, 2.75) is 117 Å². The van der Waals surface area contributed by atoms with Gasteiger partial charge in [0.05, 0.1) is 0 Å². The summed E-state index contributed by atoms with van der Waals surface area (Å²) in [6, 6.07) is 0. The minimum absolute atomic E-state index is 0.0531. The Bertz CT molecular complexity index is 310. The first-order chi connectivity index (χ1) is 12.7. The highest BCUT2D eigenvalue weighted by Crippen LogP contribution is 2.15. The number of amides is 2. The van der Waals surface area contributed by atoms with E-state index in [9.17, 15) is 9.59 Å². The first-order valence-electron chi connectivity index (χ1n) is 10.6. The van der Waals surface area contributed by atoms with Crippen LogP contribution in [0.4, 0.5) is 0 Å². The van der Waals surface area contributed by atoms with Gasteiger partial charge >= 0.3 is 0 Å². The average molecular weight is 405 g/mol. The van der Waals surface area contributed by atoms with E-state index in [1.165, 1.54) is 86.2 Å². The smallest absolute Gasteiger partial charge is 0.230 e. The fraction of sp³-hybridized carbons (Fsp3) is 0.900. The average Bonchev–Trinajstić information content (AvgIpc) is 2.64. The third-order valence-corrected chi connectivity index (χ3v) is 5.82. The van der Waals surface area contributed by atoms with Crippen molar-refractivity contribution in [3.63, 3.8) is 0 Å². The minimum atomic E-state index is 0.0531. The van der Waals surface area contributed by atoms with Gasteiger partial charge in [0, 0.05) is 34.8 Å². The van der Waals surface area contributed by atoms with Crippen LogP contribution in [-0.4, -0.2) is 11.8 Å². The molecule has 0 aliphatic heterocycles. The molecular weight excluding hydrogens is 364 g/mol. The molecule has 0 spiro atoms. The van der Waals surface area contributed by atoms with E-state index < -0.39 is 0 Å². The molecule has 4 nitrogen and oxygen atoms in total. The lowest BCUT2D eigenvalue weighted by Crippen LogP contribution is -2.18. The summed E-state index contributed by atoms with van der Waals surface area (Å²) in [5.41, 5.74) is 0. The molecule has 0 atom stereocenters.